The SMILES string of the molecule is Cn1c(=O)c2c(-c3ccccc3)n3c4ccccc4nc(-c4ccncc4)c3c2n(C)c1=O. The van der Waals surface area contributed by atoms with Crippen LogP contribution in [0.15, 0.2) is 88.7 Å². The van der Waals surface area contributed by atoms with Gasteiger partial charge in [-0.25, -0.2) is 9.78 Å². The molecule has 0 aliphatic carbocycles. The lowest BCUT2D eigenvalue weighted by atomic mass is 10.1. The molecule has 7 heteroatoms. The Morgan fingerprint density at radius 3 is 2.18 bits per heavy atom. The van der Waals surface area contributed by atoms with Crippen LogP contribution in [-0.2, 0) is 14.1 Å². The van der Waals surface area contributed by atoms with Crippen molar-refractivity contribution in [2.45, 2.75) is 0 Å². The third-order valence-electron chi connectivity index (χ3n) is 6.15. The van der Waals surface area contributed by atoms with Crippen molar-refractivity contribution in [3.63, 3.8) is 0 Å². The maximum atomic E-state index is 13.6. The average molecular weight is 433 g/mol. The highest BCUT2D eigenvalue weighted by Crippen LogP contribution is 2.38. The van der Waals surface area contributed by atoms with Gasteiger partial charge >= 0.3 is 5.69 Å². The topological polar surface area (TPSA) is 74.2 Å². The Bertz CT molecular complexity index is 1810. The summed E-state index contributed by atoms with van der Waals surface area (Å²) in [5.41, 5.74) is 5.37. The zero-order valence-corrected chi connectivity index (χ0v) is 18.1. The Labute approximate surface area is 187 Å². The number of para-hydroxylation sites is 2. The zero-order valence-electron chi connectivity index (χ0n) is 18.1. The predicted octanol–water partition coefficient (Wildman–Crippen LogP) is 3.77. The van der Waals surface area contributed by atoms with Gasteiger partial charge in [0.25, 0.3) is 5.56 Å². The summed E-state index contributed by atoms with van der Waals surface area (Å²) in [6.07, 6.45) is 3.42. The van der Waals surface area contributed by atoms with Crippen LogP contribution in [0.25, 0.3) is 50.0 Å². The van der Waals surface area contributed by atoms with Crippen molar-refractivity contribution in [3.8, 4) is 22.5 Å². The fraction of sp³-hybridized carbons (Fsp3) is 0.0769. The minimum Gasteiger partial charge on any atom is -0.303 e. The number of fused-ring (bicyclic) bond motifs is 5. The summed E-state index contributed by atoms with van der Waals surface area (Å²) >= 11 is 0. The van der Waals surface area contributed by atoms with Crippen molar-refractivity contribution in [2.24, 2.45) is 14.1 Å². The van der Waals surface area contributed by atoms with Crippen molar-refractivity contribution in [2.75, 3.05) is 0 Å². The van der Waals surface area contributed by atoms with Gasteiger partial charge in [-0.05, 0) is 29.8 Å². The first-order valence-corrected chi connectivity index (χ1v) is 10.6. The third kappa shape index (κ3) is 2.62. The van der Waals surface area contributed by atoms with Crippen LogP contribution in [0.4, 0.5) is 0 Å². The van der Waals surface area contributed by atoms with Crippen LogP contribution in [0.3, 0.4) is 0 Å². The fourth-order valence-electron chi connectivity index (χ4n) is 4.63. The van der Waals surface area contributed by atoms with E-state index in [1.807, 2.05) is 66.7 Å². The van der Waals surface area contributed by atoms with E-state index in [-0.39, 0.29) is 11.2 Å². The van der Waals surface area contributed by atoms with Crippen molar-refractivity contribution >= 4 is 27.5 Å². The summed E-state index contributed by atoms with van der Waals surface area (Å²) in [6, 6.07) is 21.4. The molecule has 7 nitrogen and oxygen atoms in total. The smallest absolute Gasteiger partial charge is 0.303 e. The molecule has 160 valence electrons. The minimum absolute atomic E-state index is 0.333. The molecule has 0 bridgehead atoms. The lowest BCUT2D eigenvalue weighted by Crippen LogP contribution is -2.36. The first-order chi connectivity index (χ1) is 16.1. The number of pyridine rings is 1. The molecule has 0 amide bonds. The molecule has 2 aromatic carbocycles. The molecule has 0 fully saturated rings. The van der Waals surface area contributed by atoms with E-state index in [0.29, 0.717) is 22.1 Å². The van der Waals surface area contributed by atoms with E-state index < -0.39 is 0 Å². The molecule has 0 saturated heterocycles. The van der Waals surface area contributed by atoms with Crippen LogP contribution in [-0.4, -0.2) is 23.5 Å². The van der Waals surface area contributed by atoms with E-state index in [0.717, 1.165) is 32.4 Å². The monoisotopic (exact) mass is 433 g/mol. The zero-order chi connectivity index (χ0) is 22.7. The van der Waals surface area contributed by atoms with Gasteiger partial charge in [0.05, 0.1) is 38.8 Å². The van der Waals surface area contributed by atoms with E-state index in [2.05, 4.69) is 9.38 Å². The first-order valence-electron chi connectivity index (χ1n) is 10.6. The van der Waals surface area contributed by atoms with Crippen molar-refractivity contribution in [1.29, 1.82) is 0 Å². The maximum absolute atomic E-state index is 13.6. The Balaban J connectivity index is 2.03. The van der Waals surface area contributed by atoms with Crippen LogP contribution in [0.5, 0.6) is 0 Å². The summed E-state index contributed by atoms with van der Waals surface area (Å²) in [5.74, 6) is 0. The van der Waals surface area contributed by atoms with E-state index in [1.165, 1.54) is 7.05 Å². The number of benzene rings is 2. The molecule has 0 radical (unpaired) electrons. The normalized spacial score (nSPS) is 11.6. The summed E-state index contributed by atoms with van der Waals surface area (Å²) in [7, 11) is 3.21. The molecule has 0 spiro atoms. The second-order valence-corrected chi connectivity index (χ2v) is 8.01. The summed E-state index contributed by atoms with van der Waals surface area (Å²) in [5, 5.41) is 0.485. The van der Waals surface area contributed by atoms with Gasteiger partial charge in [-0.3, -0.25) is 18.9 Å². The third-order valence-corrected chi connectivity index (χ3v) is 6.15. The number of aromatic nitrogens is 5. The molecule has 0 aliphatic rings. The minimum atomic E-state index is -0.381. The van der Waals surface area contributed by atoms with E-state index in [4.69, 9.17) is 4.98 Å². The largest absolute Gasteiger partial charge is 0.331 e. The van der Waals surface area contributed by atoms with Crippen molar-refractivity contribution in [3.05, 3.63) is 100.0 Å². The van der Waals surface area contributed by atoms with E-state index in [9.17, 15) is 9.59 Å². The van der Waals surface area contributed by atoms with Crippen molar-refractivity contribution in [1.82, 2.24) is 23.5 Å². The lowest BCUT2D eigenvalue weighted by molar-refractivity contribution is 0.716. The second-order valence-electron chi connectivity index (χ2n) is 8.01. The van der Waals surface area contributed by atoms with Gasteiger partial charge in [0.15, 0.2) is 0 Å². The average Bonchev–Trinajstić information content (AvgIpc) is 3.23. The van der Waals surface area contributed by atoms with Gasteiger partial charge in [0.1, 0.15) is 0 Å². The van der Waals surface area contributed by atoms with Gasteiger partial charge in [-0.2, -0.15) is 0 Å². The number of hydrogen-bond acceptors (Lipinski definition) is 4. The highest BCUT2D eigenvalue weighted by atomic mass is 16.2. The van der Waals surface area contributed by atoms with Gasteiger partial charge in [-0.15, -0.1) is 0 Å². The second kappa shape index (κ2) is 7.00. The van der Waals surface area contributed by atoms with Crippen LogP contribution in [0.2, 0.25) is 0 Å². The molecule has 0 saturated carbocycles. The molecule has 6 aromatic rings. The number of nitrogens with zero attached hydrogens (tertiary/aromatic N) is 5. The number of rotatable bonds is 2. The predicted molar refractivity (Wildman–Crippen MR) is 129 cm³/mol. The van der Waals surface area contributed by atoms with Gasteiger partial charge in [0.2, 0.25) is 0 Å². The quantitative estimate of drug-likeness (QED) is 0.417. The molecule has 4 aromatic heterocycles. The highest BCUT2D eigenvalue weighted by molar-refractivity contribution is 6.11. The maximum Gasteiger partial charge on any atom is 0.331 e. The molecular weight excluding hydrogens is 414 g/mol. The Hall–Kier alpha value is -4.52. The molecular formula is C26H19N5O2. The summed E-state index contributed by atoms with van der Waals surface area (Å²) < 4.78 is 4.77. The molecule has 0 N–H and O–H groups in total. The molecule has 33 heavy (non-hydrogen) atoms. The van der Waals surface area contributed by atoms with Crippen LogP contribution in [0.1, 0.15) is 0 Å². The van der Waals surface area contributed by atoms with Crippen LogP contribution in [0, 0.1) is 0 Å². The number of aryl methyl sites for hydroxylation is 1. The highest BCUT2D eigenvalue weighted by Gasteiger charge is 2.25. The van der Waals surface area contributed by atoms with E-state index >= 15 is 0 Å². The molecule has 0 atom stereocenters. The molecule has 6 rings (SSSR count). The van der Waals surface area contributed by atoms with Crippen molar-refractivity contribution < 1.29 is 0 Å². The fourth-order valence-corrected chi connectivity index (χ4v) is 4.63. The Morgan fingerprint density at radius 2 is 1.42 bits per heavy atom. The Morgan fingerprint density at radius 1 is 0.727 bits per heavy atom. The lowest BCUT2D eigenvalue weighted by Gasteiger charge is -2.12. The number of hydrogen-bond donors (Lipinski definition) is 0. The molecule has 4 heterocycles. The van der Waals surface area contributed by atoms with E-state index in [1.54, 1.807) is 24.0 Å². The van der Waals surface area contributed by atoms with Gasteiger partial charge in [0, 0.05) is 32.1 Å². The molecule has 0 unspecified atom stereocenters. The van der Waals surface area contributed by atoms with Crippen LogP contribution < -0.4 is 11.2 Å². The van der Waals surface area contributed by atoms with Gasteiger partial charge in [-0.1, -0.05) is 42.5 Å². The Kier molecular flexibility index (Phi) is 4.07. The van der Waals surface area contributed by atoms with Gasteiger partial charge < -0.3 is 4.40 Å². The summed E-state index contributed by atoms with van der Waals surface area (Å²) in [4.78, 5) is 35.7. The van der Waals surface area contributed by atoms with Crippen LogP contribution >= 0.6 is 0 Å². The first kappa shape index (κ1) is 19.2. The standard InChI is InChI=1S/C26H19N5O2/c1-29-23-20(25(32)30(2)26(29)33)22(17-8-4-3-5-9-17)31-19-11-7-6-10-18(19)28-21(24(23)31)16-12-14-27-15-13-16/h3-15H,1-2H3. The molecule has 0 aliphatic heterocycles. The summed E-state index contributed by atoms with van der Waals surface area (Å²) in [6.45, 7) is 0.